The second kappa shape index (κ2) is 8.88. The van der Waals surface area contributed by atoms with Gasteiger partial charge in [-0.05, 0) is 55.4 Å². The van der Waals surface area contributed by atoms with Gasteiger partial charge < -0.3 is 10.2 Å². The standard InChI is InChI=1S/C23H30N2O/c1-18-14-16-25(17-15-18)22-11-9-21(10-12-22)19(2)24-23(26)13-8-20-6-4-3-5-7-20/h3-7,9-12,18-19H,8,13-17H2,1-2H3,(H,24,26)/t19-/m1/s1. The molecule has 1 heterocycles. The molecule has 0 radical (unpaired) electrons. The molecule has 0 unspecified atom stereocenters. The van der Waals surface area contributed by atoms with Gasteiger partial charge in [0.1, 0.15) is 0 Å². The molecule has 0 bridgehead atoms. The molecule has 1 saturated heterocycles. The van der Waals surface area contributed by atoms with Crippen LogP contribution in [-0.4, -0.2) is 19.0 Å². The van der Waals surface area contributed by atoms with Gasteiger partial charge in [0.15, 0.2) is 0 Å². The largest absolute Gasteiger partial charge is 0.372 e. The maximum absolute atomic E-state index is 12.2. The van der Waals surface area contributed by atoms with Crippen LogP contribution in [0.1, 0.15) is 50.3 Å². The first-order valence-corrected chi connectivity index (χ1v) is 9.80. The van der Waals surface area contributed by atoms with Crippen molar-refractivity contribution in [2.24, 2.45) is 5.92 Å². The van der Waals surface area contributed by atoms with Gasteiger partial charge in [-0.15, -0.1) is 0 Å². The maximum atomic E-state index is 12.2. The lowest BCUT2D eigenvalue weighted by Crippen LogP contribution is -2.32. The second-order valence-electron chi connectivity index (χ2n) is 7.54. The van der Waals surface area contributed by atoms with Crippen LogP contribution < -0.4 is 10.2 Å². The number of benzene rings is 2. The number of hydrogen-bond donors (Lipinski definition) is 1. The fourth-order valence-electron chi connectivity index (χ4n) is 3.54. The Balaban J connectivity index is 1.49. The zero-order valence-corrected chi connectivity index (χ0v) is 15.9. The fraction of sp³-hybridized carbons (Fsp3) is 0.435. The van der Waals surface area contributed by atoms with E-state index in [0.717, 1.165) is 31.0 Å². The van der Waals surface area contributed by atoms with E-state index in [0.29, 0.717) is 6.42 Å². The van der Waals surface area contributed by atoms with Crippen molar-refractivity contribution < 1.29 is 4.79 Å². The predicted octanol–water partition coefficient (Wildman–Crippen LogP) is 4.73. The first-order chi connectivity index (χ1) is 12.6. The highest BCUT2D eigenvalue weighted by Gasteiger charge is 2.16. The summed E-state index contributed by atoms with van der Waals surface area (Å²) in [6, 6.07) is 18.9. The molecule has 138 valence electrons. The average Bonchev–Trinajstić information content (AvgIpc) is 2.68. The molecule has 0 saturated carbocycles. The Morgan fingerprint density at radius 3 is 2.38 bits per heavy atom. The van der Waals surface area contributed by atoms with Crippen LogP contribution in [0.5, 0.6) is 0 Å². The lowest BCUT2D eigenvalue weighted by Gasteiger charge is -2.32. The highest BCUT2D eigenvalue weighted by atomic mass is 16.1. The van der Waals surface area contributed by atoms with Crippen LogP contribution in [0.15, 0.2) is 54.6 Å². The minimum absolute atomic E-state index is 0.0358. The van der Waals surface area contributed by atoms with Crippen molar-refractivity contribution in [2.75, 3.05) is 18.0 Å². The number of nitrogens with zero attached hydrogens (tertiary/aromatic N) is 1. The molecule has 3 heteroatoms. The van der Waals surface area contributed by atoms with E-state index in [-0.39, 0.29) is 11.9 Å². The number of carbonyl (C=O) groups is 1. The van der Waals surface area contributed by atoms with Crippen LogP contribution in [-0.2, 0) is 11.2 Å². The predicted molar refractivity (Wildman–Crippen MR) is 108 cm³/mol. The van der Waals surface area contributed by atoms with E-state index < -0.39 is 0 Å². The van der Waals surface area contributed by atoms with Crippen molar-refractivity contribution in [1.82, 2.24) is 5.32 Å². The Labute approximate surface area is 157 Å². The summed E-state index contributed by atoms with van der Waals surface area (Å²) in [5.41, 5.74) is 3.66. The molecular weight excluding hydrogens is 320 g/mol. The summed E-state index contributed by atoms with van der Waals surface area (Å²) in [6.45, 7) is 6.68. The van der Waals surface area contributed by atoms with E-state index in [2.05, 4.69) is 60.5 Å². The van der Waals surface area contributed by atoms with E-state index in [9.17, 15) is 4.79 Å². The van der Waals surface area contributed by atoms with Crippen molar-refractivity contribution in [3.63, 3.8) is 0 Å². The van der Waals surface area contributed by atoms with Gasteiger partial charge in [-0.1, -0.05) is 49.4 Å². The molecule has 0 aromatic heterocycles. The van der Waals surface area contributed by atoms with Crippen molar-refractivity contribution >= 4 is 11.6 Å². The molecule has 1 atom stereocenters. The normalized spacial score (nSPS) is 16.3. The van der Waals surface area contributed by atoms with E-state index in [1.54, 1.807) is 0 Å². The number of aryl methyl sites for hydroxylation is 1. The van der Waals surface area contributed by atoms with Gasteiger partial charge in [0.25, 0.3) is 0 Å². The number of anilines is 1. The summed E-state index contributed by atoms with van der Waals surface area (Å²) in [4.78, 5) is 14.7. The summed E-state index contributed by atoms with van der Waals surface area (Å²) < 4.78 is 0. The number of carbonyl (C=O) groups excluding carboxylic acids is 1. The van der Waals surface area contributed by atoms with Crippen LogP contribution in [0.3, 0.4) is 0 Å². The van der Waals surface area contributed by atoms with Gasteiger partial charge in [0.2, 0.25) is 5.91 Å². The van der Waals surface area contributed by atoms with E-state index >= 15 is 0 Å². The first-order valence-electron chi connectivity index (χ1n) is 9.80. The first kappa shape index (κ1) is 18.5. The average molecular weight is 351 g/mol. The topological polar surface area (TPSA) is 32.3 Å². The van der Waals surface area contributed by atoms with Crippen LogP contribution in [0, 0.1) is 5.92 Å². The van der Waals surface area contributed by atoms with Crippen LogP contribution in [0.4, 0.5) is 5.69 Å². The number of amides is 1. The highest BCUT2D eigenvalue weighted by Crippen LogP contribution is 2.24. The second-order valence-corrected chi connectivity index (χ2v) is 7.54. The molecule has 1 aliphatic heterocycles. The minimum Gasteiger partial charge on any atom is -0.372 e. The maximum Gasteiger partial charge on any atom is 0.220 e. The number of rotatable bonds is 6. The Morgan fingerprint density at radius 1 is 1.08 bits per heavy atom. The monoisotopic (exact) mass is 350 g/mol. The third-order valence-electron chi connectivity index (χ3n) is 5.40. The van der Waals surface area contributed by atoms with Gasteiger partial charge in [-0.2, -0.15) is 0 Å². The summed E-state index contributed by atoms with van der Waals surface area (Å²) in [7, 11) is 0. The summed E-state index contributed by atoms with van der Waals surface area (Å²) in [6.07, 6.45) is 3.86. The molecule has 26 heavy (non-hydrogen) atoms. The highest BCUT2D eigenvalue weighted by molar-refractivity contribution is 5.76. The van der Waals surface area contributed by atoms with Gasteiger partial charge in [-0.3, -0.25) is 4.79 Å². The van der Waals surface area contributed by atoms with Crippen molar-refractivity contribution in [3.8, 4) is 0 Å². The van der Waals surface area contributed by atoms with Gasteiger partial charge in [0, 0.05) is 25.2 Å². The summed E-state index contributed by atoms with van der Waals surface area (Å²) in [5.74, 6) is 0.951. The van der Waals surface area contributed by atoms with Crippen molar-refractivity contribution in [2.45, 2.75) is 45.6 Å². The Bertz CT molecular complexity index is 688. The van der Waals surface area contributed by atoms with Crippen molar-refractivity contribution in [3.05, 3.63) is 65.7 Å². The Kier molecular flexibility index (Phi) is 6.32. The summed E-state index contributed by atoms with van der Waals surface area (Å²) >= 11 is 0. The molecule has 2 aromatic rings. The quantitative estimate of drug-likeness (QED) is 0.816. The number of hydrogen-bond acceptors (Lipinski definition) is 2. The molecule has 1 aliphatic rings. The lowest BCUT2D eigenvalue weighted by atomic mass is 9.98. The van der Waals surface area contributed by atoms with Gasteiger partial charge in [0.05, 0.1) is 6.04 Å². The van der Waals surface area contributed by atoms with Gasteiger partial charge in [-0.25, -0.2) is 0 Å². The van der Waals surface area contributed by atoms with E-state index in [4.69, 9.17) is 0 Å². The van der Waals surface area contributed by atoms with Crippen LogP contribution in [0.25, 0.3) is 0 Å². The third-order valence-corrected chi connectivity index (χ3v) is 5.40. The SMILES string of the molecule is CC1CCN(c2ccc([C@@H](C)NC(=O)CCc3ccccc3)cc2)CC1. The minimum atomic E-state index is 0.0358. The zero-order chi connectivity index (χ0) is 18.4. The van der Waals surface area contributed by atoms with Crippen LogP contribution >= 0.6 is 0 Å². The molecular formula is C23H30N2O. The molecule has 3 nitrogen and oxygen atoms in total. The third kappa shape index (κ3) is 5.10. The smallest absolute Gasteiger partial charge is 0.220 e. The Morgan fingerprint density at radius 2 is 1.73 bits per heavy atom. The fourth-order valence-corrected chi connectivity index (χ4v) is 3.54. The zero-order valence-electron chi connectivity index (χ0n) is 15.9. The number of piperidine rings is 1. The summed E-state index contributed by atoms with van der Waals surface area (Å²) in [5, 5.41) is 3.12. The molecule has 3 rings (SSSR count). The van der Waals surface area contributed by atoms with Crippen LogP contribution in [0.2, 0.25) is 0 Å². The van der Waals surface area contributed by atoms with Crippen molar-refractivity contribution in [1.29, 1.82) is 0 Å². The lowest BCUT2D eigenvalue weighted by molar-refractivity contribution is -0.121. The Hall–Kier alpha value is -2.29. The number of nitrogens with one attached hydrogen (secondary N) is 1. The molecule has 1 N–H and O–H groups in total. The molecule has 0 aliphatic carbocycles. The molecule has 0 spiro atoms. The molecule has 2 aromatic carbocycles. The van der Waals surface area contributed by atoms with Gasteiger partial charge >= 0.3 is 0 Å². The molecule has 1 amide bonds. The van der Waals surface area contributed by atoms with E-state index in [1.165, 1.54) is 24.1 Å². The van der Waals surface area contributed by atoms with E-state index in [1.807, 2.05) is 18.2 Å². The molecule has 1 fully saturated rings.